The van der Waals surface area contributed by atoms with Crippen molar-refractivity contribution in [3.05, 3.63) is 53.6 Å². The Morgan fingerprint density at radius 3 is 2.74 bits per heavy atom. The lowest BCUT2D eigenvalue weighted by atomic mass is 9.98. The minimum absolute atomic E-state index is 0.0982. The molecule has 0 bridgehead atoms. The highest BCUT2D eigenvalue weighted by molar-refractivity contribution is 7.90. The van der Waals surface area contributed by atoms with E-state index < -0.39 is 9.84 Å². The number of carbonyl (C=O) groups is 1. The number of nitrogens with one attached hydrogen (secondary N) is 3. The fourth-order valence-corrected chi connectivity index (χ4v) is 4.43. The van der Waals surface area contributed by atoms with Crippen LogP contribution in [0.4, 0.5) is 0 Å². The lowest BCUT2D eigenvalue weighted by Gasteiger charge is -2.15. The van der Waals surface area contributed by atoms with E-state index in [0.717, 1.165) is 52.5 Å². The molecule has 0 fully saturated rings. The number of rotatable bonds is 9. The molecule has 1 amide bonds. The topological polar surface area (TPSA) is 137 Å². The van der Waals surface area contributed by atoms with Crippen molar-refractivity contribution >= 4 is 26.6 Å². The second-order valence-corrected chi connectivity index (χ2v) is 10.8. The zero-order valence-corrected chi connectivity index (χ0v) is 21.0. The second kappa shape index (κ2) is 9.96. The first-order valence-corrected chi connectivity index (χ1v) is 13.3. The predicted molar refractivity (Wildman–Crippen MR) is 136 cm³/mol. The second-order valence-electron chi connectivity index (χ2n) is 8.59. The first-order chi connectivity index (χ1) is 16.7. The molecule has 11 heteroatoms. The van der Waals surface area contributed by atoms with Crippen molar-refractivity contribution in [2.24, 2.45) is 0 Å². The molecule has 10 nitrogen and oxygen atoms in total. The van der Waals surface area contributed by atoms with Crippen LogP contribution in [0.1, 0.15) is 28.5 Å². The summed E-state index contributed by atoms with van der Waals surface area (Å²) in [6.07, 6.45) is 6.34. The molecule has 3 heterocycles. The number of sulfone groups is 1. The molecule has 1 aromatic carbocycles. The Balaban J connectivity index is 1.64. The quantitative estimate of drug-likeness (QED) is 0.324. The van der Waals surface area contributed by atoms with Crippen molar-refractivity contribution in [1.29, 1.82) is 0 Å². The van der Waals surface area contributed by atoms with Crippen LogP contribution in [0, 0.1) is 6.92 Å². The Morgan fingerprint density at radius 2 is 2.00 bits per heavy atom. The number of fused-ring (bicyclic) bond motifs is 1. The number of aromatic nitrogens is 5. The molecule has 0 aliphatic heterocycles. The van der Waals surface area contributed by atoms with E-state index in [0.29, 0.717) is 11.5 Å². The van der Waals surface area contributed by atoms with Gasteiger partial charge in [0.15, 0.2) is 5.82 Å². The highest BCUT2D eigenvalue weighted by Gasteiger charge is 2.19. The maximum atomic E-state index is 12.7. The number of benzene rings is 1. The molecular formula is C24H29N7O3S. The van der Waals surface area contributed by atoms with Crippen LogP contribution in [0.2, 0.25) is 0 Å². The van der Waals surface area contributed by atoms with Crippen molar-refractivity contribution in [3.8, 4) is 22.6 Å². The minimum Gasteiger partial charge on any atom is -0.339 e. The molecule has 4 rings (SSSR count). The van der Waals surface area contributed by atoms with Crippen LogP contribution in [0.25, 0.3) is 33.5 Å². The van der Waals surface area contributed by atoms with Crippen LogP contribution < -0.4 is 5.32 Å². The Labute approximate surface area is 204 Å². The van der Waals surface area contributed by atoms with Crippen molar-refractivity contribution < 1.29 is 13.2 Å². The molecule has 0 aliphatic rings. The van der Waals surface area contributed by atoms with Gasteiger partial charge in [-0.25, -0.2) is 13.4 Å². The number of carbonyl (C=O) groups excluding carboxylic acids is 1. The van der Waals surface area contributed by atoms with Crippen LogP contribution in [0.5, 0.6) is 0 Å². The molecule has 184 valence electrons. The van der Waals surface area contributed by atoms with E-state index in [1.54, 1.807) is 7.05 Å². The number of amides is 1. The van der Waals surface area contributed by atoms with E-state index in [1.807, 2.05) is 30.6 Å². The smallest absolute Gasteiger partial charge is 0.271 e. The molecule has 0 aliphatic carbocycles. The lowest BCUT2D eigenvalue weighted by molar-refractivity contribution is 0.0798. The number of pyridine rings is 1. The van der Waals surface area contributed by atoms with Gasteiger partial charge in [-0.15, -0.1) is 0 Å². The summed E-state index contributed by atoms with van der Waals surface area (Å²) in [5.74, 6) is 0.00337. The van der Waals surface area contributed by atoms with Crippen molar-refractivity contribution in [3.63, 3.8) is 0 Å². The molecule has 0 radical (unpaired) electrons. The standard InChI is InChI=1S/C24H29N7O3S/c1-5-25-11-17-12-26-13-19(15(17)2)16-6-7-20-18(10-16)22(30-29-20)23-27-14-21(28-23)24(32)31(3)8-9-35(4,33)34/h6-7,10,12-14,25H,5,8-9,11H2,1-4H3,(H,27,28)(H,29,30). The summed E-state index contributed by atoms with van der Waals surface area (Å²) in [5, 5.41) is 11.6. The predicted octanol–water partition coefficient (Wildman–Crippen LogP) is 2.55. The first-order valence-electron chi connectivity index (χ1n) is 11.3. The number of nitrogens with zero attached hydrogens (tertiary/aromatic N) is 4. The molecule has 3 aromatic heterocycles. The van der Waals surface area contributed by atoms with Crippen molar-refractivity contribution in [1.82, 2.24) is 35.4 Å². The Kier molecular flexibility index (Phi) is 6.99. The molecule has 0 saturated carbocycles. The van der Waals surface area contributed by atoms with E-state index >= 15 is 0 Å². The van der Waals surface area contributed by atoms with Gasteiger partial charge in [-0.1, -0.05) is 13.0 Å². The molecule has 4 aromatic rings. The third kappa shape index (κ3) is 5.41. The lowest BCUT2D eigenvalue weighted by Crippen LogP contribution is -2.31. The Hall–Kier alpha value is -3.57. The molecule has 0 unspecified atom stereocenters. The fraction of sp³-hybridized carbons (Fsp3) is 0.333. The van der Waals surface area contributed by atoms with Gasteiger partial charge in [0.05, 0.1) is 17.5 Å². The van der Waals surface area contributed by atoms with Gasteiger partial charge in [-0.05, 0) is 42.3 Å². The summed E-state index contributed by atoms with van der Waals surface area (Å²) >= 11 is 0. The van der Waals surface area contributed by atoms with Gasteiger partial charge in [-0.2, -0.15) is 5.10 Å². The molecule has 0 saturated heterocycles. The molecule has 0 spiro atoms. The monoisotopic (exact) mass is 495 g/mol. The van der Waals surface area contributed by atoms with Gasteiger partial charge < -0.3 is 15.2 Å². The summed E-state index contributed by atoms with van der Waals surface area (Å²) in [7, 11) is -1.61. The zero-order chi connectivity index (χ0) is 25.2. The van der Waals surface area contributed by atoms with Gasteiger partial charge in [0.1, 0.15) is 21.2 Å². The van der Waals surface area contributed by atoms with E-state index in [2.05, 4.69) is 44.3 Å². The van der Waals surface area contributed by atoms with Crippen LogP contribution in [-0.4, -0.2) is 76.5 Å². The summed E-state index contributed by atoms with van der Waals surface area (Å²) in [6, 6.07) is 6.03. The van der Waals surface area contributed by atoms with E-state index in [4.69, 9.17) is 0 Å². The molecule has 35 heavy (non-hydrogen) atoms. The number of hydrogen-bond donors (Lipinski definition) is 3. The third-order valence-corrected chi connectivity index (χ3v) is 6.86. The number of hydrogen-bond acceptors (Lipinski definition) is 7. The van der Waals surface area contributed by atoms with Gasteiger partial charge >= 0.3 is 0 Å². The molecule has 3 N–H and O–H groups in total. The SMILES string of the molecule is CCNCc1cncc(-c2ccc3[nH]nc(-c4ncc(C(=O)N(C)CCS(C)(=O)=O)[nH]4)c3c2)c1C. The fourth-order valence-electron chi connectivity index (χ4n) is 3.82. The summed E-state index contributed by atoms with van der Waals surface area (Å²) < 4.78 is 22.8. The number of aromatic amines is 2. The van der Waals surface area contributed by atoms with Gasteiger partial charge in [0.2, 0.25) is 0 Å². The number of imidazole rings is 1. The zero-order valence-electron chi connectivity index (χ0n) is 20.2. The van der Waals surface area contributed by atoms with Gasteiger partial charge in [-0.3, -0.25) is 14.9 Å². The molecular weight excluding hydrogens is 466 g/mol. The maximum absolute atomic E-state index is 12.7. The van der Waals surface area contributed by atoms with E-state index in [1.165, 1.54) is 11.1 Å². The largest absolute Gasteiger partial charge is 0.339 e. The summed E-state index contributed by atoms with van der Waals surface area (Å²) in [4.78, 5) is 25.9. The van der Waals surface area contributed by atoms with Crippen molar-refractivity contribution in [2.45, 2.75) is 20.4 Å². The van der Waals surface area contributed by atoms with E-state index in [-0.39, 0.29) is 23.9 Å². The van der Waals surface area contributed by atoms with Gasteiger partial charge in [0.25, 0.3) is 5.91 Å². The number of H-pyrrole nitrogens is 2. The van der Waals surface area contributed by atoms with Gasteiger partial charge in [0, 0.05) is 49.7 Å². The van der Waals surface area contributed by atoms with Crippen LogP contribution in [0.15, 0.2) is 36.8 Å². The first kappa shape index (κ1) is 24.6. The van der Waals surface area contributed by atoms with Crippen LogP contribution in [-0.2, 0) is 16.4 Å². The third-order valence-electron chi connectivity index (χ3n) is 5.93. The normalized spacial score (nSPS) is 11.8. The minimum atomic E-state index is -3.17. The average molecular weight is 496 g/mol. The summed E-state index contributed by atoms with van der Waals surface area (Å²) in [6.45, 7) is 5.90. The van der Waals surface area contributed by atoms with Crippen LogP contribution in [0.3, 0.4) is 0 Å². The Morgan fingerprint density at radius 1 is 1.20 bits per heavy atom. The summed E-state index contributed by atoms with van der Waals surface area (Å²) in [5.41, 5.74) is 6.05. The average Bonchev–Trinajstić information content (AvgIpc) is 3.47. The highest BCUT2D eigenvalue weighted by Crippen LogP contribution is 2.31. The highest BCUT2D eigenvalue weighted by atomic mass is 32.2. The Bertz CT molecular complexity index is 1470. The van der Waals surface area contributed by atoms with Crippen molar-refractivity contribution in [2.75, 3.05) is 32.1 Å². The maximum Gasteiger partial charge on any atom is 0.271 e. The van der Waals surface area contributed by atoms with Crippen LogP contribution >= 0.6 is 0 Å². The van der Waals surface area contributed by atoms with E-state index in [9.17, 15) is 13.2 Å². The molecule has 0 atom stereocenters.